The van der Waals surface area contributed by atoms with Crippen molar-refractivity contribution in [2.75, 3.05) is 0 Å². The van der Waals surface area contributed by atoms with Crippen LogP contribution in [0.15, 0.2) is 61.2 Å². The number of nitrogens with zero attached hydrogens (tertiary/aromatic N) is 3. The van der Waals surface area contributed by atoms with Crippen molar-refractivity contribution < 1.29 is 4.74 Å². The van der Waals surface area contributed by atoms with Gasteiger partial charge in [0.05, 0.1) is 30.0 Å². The molecule has 0 aliphatic heterocycles. The molecule has 2 heterocycles. The summed E-state index contributed by atoms with van der Waals surface area (Å²) in [6.45, 7) is 4.78. The van der Waals surface area contributed by atoms with E-state index in [1.165, 1.54) is 0 Å². The van der Waals surface area contributed by atoms with E-state index in [0.717, 1.165) is 33.7 Å². The van der Waals surface area contributed by atoms with Gasteiger partial charge >= 0.3 is 0 Å². The molecule has 0 aliphatic rings. The largest absolute Gasteiger partial charge is 0.491 e. The Morgan fingerprint density at radius 1 is 1.16 bits per heavy atom. The zero-order valence-corrected chi connectivity index (χ0v) is 14.3. The number of aromatic nitrogens is 4. The van der Waals surface area contributed by atoms with E-state index in [2.05, 4.69) is 16.0 Å². The van der Waals surface area contributed by atoms with Crippen LogP contribution in [0.5, 0.6) is 5.75 Å². The molecule has 0 atom stereocenters. The van der Waals surface area contributed by atoms with E-state index < -0.39 is 0 Å². The summed E-state index contributed by atoms with van der Waals surface area (Å²) in [7, 11) is 0. The highest BCUT2D eigenvalue weighted by molar-refractivity contribution is 5.79. The molecular formula is C20H20N4O. The second-order valence-electron chi connectivity index (χ2n) is 6.33. The van der Waals surface area contributed by atoms with Gasteiger partial charge in [-0.15, -0.1) is 0 Å². The van der Waals surface area contributed by atoms with Crippen LogP contribution in [0.4, 0.5) is 0 Å². The van der Waals surface area contributed by atoms with Gasteiger partial charge in [-0.2, -0.15) is 0 Å². The van der Waals surface area contributed by atoms with Crippen molar-refractivity contribution in [3.63, 3.8) is 0 Å². The molecule has 5 heteroatoms. The minimum absolute atomic E-state index is 0.124. The molecule has 2 aromatic heterocycles. The van der Waals surface area contributed by atoms with Crippen LogP contribution in [0.25, 0.3) is 22.4 Å². The number of para-hydroxylation sites is 2. The van der Waals surface area contributed by atoms with Crippen molar-refractivity contribution in [2.24, 2.45) is 0 Å². The fourth-order valence-corrected chi connectivity index (χ4v) is 2.89. The van der Waals surface area contributed by atoms with E-state index in [-0.39, 0.29) is 6.10 Å². The Balaban J connectivity index is 1.75. The van der Waals surface area contributed by atoms with Gasteiger partial charge in [0, 0.05) is 23.5 Å². The van der Waals surface area contributed by atoms with Gasteiger partial charge in [-0.3, -0.25) is 0 Å². The first-order valence-electron chi connectivity index (χ1n) is 8.39. The van der Waals surface area contributed by atoms with Gasteiger partial charge in [0.25, 0.3) is 0 Å². The molecule has 0 fully saturated rings. The molecule has 2 aromatic carbocycles. The second kappa shape index (κ2) is 6.43. The summed E-state index contributed by atoms with van der Waals surface area (Å²) < 4.78 is 8.01. The molecule has 0 unspecified atom stereocenters. The third-order valence-corrected chi connectivity index (χ3v) is 4.00. The van der Waals surface area contributed by atoms with Gasteiger partial charge < -0.3 is 14.3 Å². The van der Waals surface area contributed by atoms with E-state index in [1.54, 1.807) is 6.20 Å². The van der Waals surface area contributed by atoms with Gasteiger partial charge in [0.2, 0.25) is 0 Å². The molecule has 0 aliphatic carbocycles. The number of benzene rings is 2. The summed E-state index contributed by atoms with van der Waals surface area (Å²) in [4.78, 5) is 12.2. The van der Waals surface area contributed by atoms with Crippen LogP contribution in [-0.2, 0) is 6.54 Å². The Morgan fingerprint density at radius 2 is 2.04 bits per heavy atom. The summed E-state index contributed by atoms with van der Waals surface area (Å²) >= 11 is 0. The van der Waals surface area contributed by atoms with Crippen LogP contribution in [0.3, 0.4) is 0 Å². The Kier molecular flexibility index (Phi) is 3.98. The predicted molar refractivity (Wildman–Crippen MR) is 98.6 cm³/mol. The van der Waals surface area contributed by atoms with E-state index in [4.69, 9.17) is 9.72 Å². The van der Waals surface area contributed by atoms with Crippen molar-refractivity contribution >= 4 is 11.0 Å². The number of hydrogen-bond donors (Lipinski definition) is 1. The molecule has 1 N–H and O–H groups in total. The highest BCUT2D eigenvalue weighted by Crippen LogP contribution is 2.28. The van der Waals surface area contributed by atoms with Crippen LogP contribution in [0, 0.1) is 0 Å². The Labute approximate surface area is 146 Å². The first-order chi connectivity index (χ1) is 12.2. The third kappa shape index (κ3) is 3.26. The summed E-state index contributed by atoms with van der Waals surface area (Å²) in [6.07, 6.45) is 5.67. The van der Waals surface area contributed by atoms with Crippen LogP contribution in [-0.4, -0.2) is 25.6 Å². The minimum Gasteiger partial charge on any atom is -0.491 e. The Bertz CT molecular complexity index is 953. The van der Waals surface area contributed by atoms with Crippen molar-refractivity contribution in [2.45, 2.75) is 26.5 Å². The SMILES string of the molecule is CC(C)Oc1ccc(-c2nc3ccccc3[nH]2)cc1Cn1ccnc1. The maximum atomic E-state index is 5.98. The lowest BCUT2D eigenvalue weighted by molar-refractivity contribution is 0.239. The Morgan fingerprint density at radius 3 is 2.80 bits per heavy atom. The lowest BCUT2D eigenvalue weighted by Gasteiger charge is -2.15. The van der Waals surface area contributed by atoms with Crippen molar-refractivity contribution in [1.82, 2.24) is 19.5 Å². The van der Waals surface area contributed by atoms with Gasteiger partial charge in [0.15, 0.2) is 0 Å². The van der Waals surface area contributed by atoms with Gasteiger partial charge in [0.1, 0.15) is 11.6 Å². The van der Waals surface area contributed by atoms with E-state index in [9.17, 15) is 0 Å². The average Bonchev–Trinajstić information content (AvgIpc) is 3.25. The van der Waals surface area contributed by atoms with Crippen LogP contribution < -0.4 is 4.74 Å². The molecule has 0 saturated heterocycles. The zero-order chi connectivity index (χ0) is 17.2. The third-order valence-electron chi connectivity index (χ3n) is 4.00. The molecule has 0 saturated carbocycles. The molecule has 0 radical (unpaired) electrons. The lowest BCUT2D eigenvalue weighted by Crippen LogP contribution is -2.09. The van der Waals surface area contributed by atoms with E-state index in [1.807, 2.05) is 67.3 Å². The van der Waals surface area contributed by atoms with Crippen LogP contribution >= 0.6 is 0 Å². The lowest BCUT2D eigenvalue weighted by atomic mass is 10.1. The standard InChI is InChI=1S/C20H20N4O/c1-14(2)25-19-8-7-15(11-16(19)12-24-10-9-21-13-24)20-22-17-5-3-4-6-18(17)23-20/h3-11,13-14H,12H2,1-2H3,(H,22,23). The predicted octanol–water partition coefficient (Wildman–Crippen LogP) is 4.26. The second-order valence-corrected chi connectivity index (χ2v) is 6.33. The smallest absolute Gasteiger partial charge is 0.138 e. The summed E-state index contributed by atoms with van der Waals surface area (Å²) in [6, 6.07) is 14.3. The van der Waals surface area contributed by atoms with Crippen molar-refractivity contribution in [3.8, 4) is 17.1 Å². The molecular weight excluding hydrogens is 312 g/mol. The number of ether oxygens (including phenoxy) is 1. The fraction of sp³-hybridized carbons (Fsp3) is 0.200. The monoisotopic (exact) mass is 332 g/mol. The number of aromatic amines is 1. The maximum Gasteiger partial charge on any atom is 0.138 e. The first kappa shape index (κ1) is 15.4. The summed E-state index contributed by atoms with van der Waals surface area (Å²) in [5.74, 6) is 1.76. The van der Waals surface area contributed by atoms with E-state index in [0.29, 0.717) is 6.54 Å². The molecule has 0 bridgehead atoms. The molecule has 4 rings (SSSR count). The normalized spacial score (nSPS) is 11.3. The van der Waals surface area contributed by atoms with Gasteiger partial charge in [-0.05, 0) is 44.2 Å². The topological polar surface area (TPSA) is 55.7 Å². The number of imidazole rings is 2. The van der Waals surface area contributed by atoms with Crippen molar-refractivity contribution in [3.05, 3.63) is 66.7 Å². The molecule has 0 spiro atoms. The highest BCUT2D eigenvalue weighted by atomic mass is 16.5. The highest BCUT2D eigenvalue weighted by Gasteiger charge is 2.11. The fourth-order valence-electron chi connectivity index (χ4n) is 2.89. The van der Waals surface area contributed by atoms with Gasteiger partial charge in [-0.1, -0.05) is 12.1 Å². The molecule has 4 aromatic rings. The molecule has 126 valence electrons. The van der Waals surface area contributed by atoms with Gasteiger partial charge in [-0.25, -0.2) is 9.97 Å². The molecule has 25 heavy (non-hydrogen) atoms. The number of fused-ring (bicyclic) bond motifs is 1. The number of hydrogen-bond acceptors (Lipinski definition) is 3. The van der Waals surface area contributed by atoms with Crippen molar-refractivity contribution in [1.29, 1.82) is 0 Å². The Hall–Kier alpha value is -3.08. The minimum atomic E-state index is 0.124. The summed E-state index contributed by atoms with van der Waals surface area (Å²) in [5, 5.41) is 0. The number of H-pyrrole nitrogens is 1. The maximum absolute atomic E-state index is 5.98. The number of rotatable bonds is 5. The number of nitrogens with one attached hydrogen (secondary N) is 1. The van der Waals surface area contributed by atoms with Crippen LogP contribution in [0.2, 0.25) is 0 Å². The first-order valence-corrected chi connectivity index (χ1v) is 8.39. The molecule has 0 amide bonds. The zero-order valence-electron chi connectivity index (χ0n) is 14.3. The average molecular weight is 332 g/mol. The molecule has 5 nitrogen and oxygen atoms in total. The quantitative estimate of drug-likeness (QED) is 0.594. The summed E-state index contributed by atoms with van der Waals surface area (Å²) in [5.41, 5.74) is 4.15. The van der Waals surface area contributed by atoms with Crippen LogP contribution in [0.1, 0.15) is 19.4 Å². The van der Waals surface area contributed by atoms with E-state index >= 15 is 0 Å².